The number of nitrogens with zero attached hydrogens (tertiary/aromatic N) is 3. The molecule has 0 unspecified atom stereocenters. The van der Waals surface area contributed by atoms with Gasteiger partial charge >= 0.3 is 0 Å². The summed E-state index contributed by atoms with van der Waals surface area (Å²) in [5.41, 5.74) is 0.872. The summed E-state index contributed by atoms with van der Waals surface area (Å²) in [4.78, 5) is 0. The van der Waals surface area contributed by atoms with E-state index in [0.717, 1.165) is 11.5 Å². The minimum Gasteiger partial charge on any atom is -0.286 e. The molecule has 0 aliphatic carbocycles. The van der Waals surface area contributed by atoms with Gasteiger partial charge in [-0.25, -0.2) is 0 Å². The number of hydrogen-bond acceptors (Lipinski definition) is 2. The molecule has 10 heavy (non-hydrogen) atoms. The highest BCUT2D eigenvalue weighted by Crippen LogP contribution is 1.99. The Kier molecular flexibility index (Phi) is 0.974. The molecule has 0 aliphatic rings. The zero-order valence-electron chi connectivity index (χ0n) is 5.57. The third-order valence-corrected chi connectivity index (χ3v) is 1.42. The van der Waals surface area contributed by atoms with Gasteiger partial charge in [0.15, 0.2) is 5.65 Å². The number of fused-ring (bicyclic) bond motifs is 1. The molecule has 0 spiro atoms. The van der Waals surface area contributed by atoms with E-state index in [-0.39, 0.29) is 0 Å². The molecule has 0 atom stereocenters. The molecule has 1 radical (unpaired) electrons. The molecule has 2 aromatic rings. The van der Waals surface area contributed by atoms with Crippen molar-refractivity contribution >= 4 is 5.65 Å². The second kappa shape index (κ2) is 1.80. The first-order valence-electron chi connectivity index (χ1n) is 3.05. The van der Waals surface area contributed by atoms with E-state index in [1.54, 1.807) is 0 Å². The van der Waals surface area contributed by atoms with Crippen molar-refractivity contribution in [3.63, 3.8) is 0 Å². The predicted octanol–water partition coefficient (Wildman–Crippen LogP) is 0.838. The van der Waals surface area contributed by atoms with Crippen LogP contribution in [0.15, 0.2) is 18.3 Å². The third kappa shape index (κ3) is 0.603. The molecule has 2 heterocycles. The summed E-state index contributed by atoms with van der Waals surface area (Å²) in [6.45, 7) is 1.91. The number of aromatic nitrogens is 3. The SMILES string of the molecule is Cc1nnc2cc[c]cn12. The van der Waals surface area contributed by atoms with E-state index in [2.05, 4.69) is 16.3 Å². The maximum atomic E-state index is 3.91. The first-order valence-corrected chi connectivity index (χ1v) is 3.05. The smallest absolute Gasteiger partial charge is 0.160 e. The van der Waals surface area contributed by atoms with Crippen LogP contribution in [0.3, 0.4) is 0 Å². The zero-order chi connectivity index (χ0) is 6.97. The normalized spacial score (nSPS) is 10.5. The second-order valence-corrected chi connectivity index (χ2v) is 2.10. The predicted molar refractivity (Wildman–Crippen MR) is 36.6 cm³/mol. The lowest BCUT2D eigenvalue weighted by atomic mass is 10.5. The molecule has 2 rings (SSSR count). The van der Waals surface area contributed by atoms with Gasteiger partial charge in [-0.05, 0) is 25.1 Å². The van der Waals surface area contributed by atoms with Crippen molar-refractivity contribution in [3.05, 3.63) is 30.2 Å². The van der Waals surface area contributed by atoms with Crippen molar-refractivity contribution in [2.24, 2.45) is 0 Å². The van der Waals surface area contributed by atoms with E-state index >= 15 is 0 Å². The Hall–Kier alpha value is -1.38. The monoisotopic (exact) mass is 132 g/mol. The lowest BCUT2D eigenvalue weighted by Gasteiger charge is -1.88. The van der Waals surface area contributed by atoms with Gasteiger partial charge in [-0.1, -0.05) is 0 Å². The minimum absolute atomic E-state index is 0.872. The van der Waals surface area contributed by atoms with Crippen molar-refractivity contribution in [2.75, 3.05) is 0 Å². The maximum Gasteiger partial charge on any atom is 0.160 e. The average molecular weight is 132 g/mol. The summed E-state index contributed by atoms with van der Waals surface area (Å²) in [5.74, 6) is 0.895. The molecule has 0 saturated carbocycles. The highest BCUT2D eigenvalue weighted by molar-refractivity contribution is 5.36. The van der Waals surface area contributed by atoms with Crippen molar-refractivity contribution in [2.45, 2.75) is 6.92 Å². The van der Waals surface area contributed by atoms with Gasteiger partial charge in [0.2, 0.25) is 0 Å². The van der Waals surface area contributed by atoms with Crippen molar-refractivity contribution in [1.29, 1.82) is 0 Å². The Morgan fingerprint density at radius 3 is 3.20 bits per heavy atom. The molecule has 2 aromatic heterocycles. The van der Waals surface area contributed by atoms with Gasteiger partial charge < -0.3 is 0 Å². The van der Waals surface area contributed by atoms with Crippen molar-refractivity contribution in [3.8, 4) is 0 Å². The fourth-order valence-electron chi connectivity index (χ4n) is 0.899. The van der Waals surface area contributed by atoms with Gasteiger partial charge in [0.1, 0.15) is 5.82 Å². The van der Waals surface area contributed by atoms with Crippen LogP contribution in [0.5, 0.6) is 0 Å². The molecule has 0 aromatic carbocycles. The number of hydrogen-bond donors (Lipinski definition) is 0. The molecule has 0 amide bonds. The van der Waals surface area contributed by atoms with E-state index in [1.165, 1.54) is 0 Å². The van der Waals surface area contributed by atoms with Crippen LogP contribution in [-0.2, 0) is 0 Å². The summed E-state index contributed by atoms with van der Waals surface area (Å²) in [5, 5.41) is 7.80. The highest BCUT2D eigenvalue weighted by atomic mass is 15.2. The molecule has 0 saturated heterocycles. The Balaban J connectivity index is 2.93. The number of rotatable bonds is 0. The highest BCUT2D eigenvalue weighted by Gasteiger charge is 1.95. The molecule has 3 nitrogen and oxygen atoms in total. The Labute approximate surface area is 58.3 Å². The fraction of sp³-hybridized carbons (Fsp3) is 0.143. The zero-order valence-corrected chi connectivity index (χ0v) is 5.57. The van der Waals surface area contributed by atoms with E-state index in [9.17, 15) is 0 Å². The van der Waals surface area contributed by atoms with Gasteiger partial charge in [0.25, 0.3) is 0 Å². The Morgan fingerprint density at radius 2 is 2.40 bits per heavy atom. The van der Waals surface area contributed by atoms with Crippen LogP contribution in [-0.4, -0.2) is 14.6 Å². The summed E-state index contributed by atoms with van der Waals surface area (Å²) < 4.78 is 1.89. The maximum absolute atomic E-state index is 3.91. The van der Waals surface area contributed by atoms with Gasteiger partial charge in [-0.3, -0.25) is 4.40 Å². The van der Waals surface area contributed by atoms with Crippen molar-refractivity contribution < 1.29 is 0 Å². The van der Waals surface area contributed by atoms with E-state index in [0.29, 0.717) is 0 Å². The molecular formula is C7H6N3. The first-order chi connectivity index (χ1) is 4.88. The van der Waals surface area contributed by atoms with E-state index < -0.39 is 0 Å². The van der Waals surface area contributed by atoms with Gasteiger partial charge in [0, 0.05) is 6.20 Å². The molecule has 0 N–H and O–H groups in total. The van der Waals surface area contributed by atoms with Crippen LogP contribution in [0.1, 0.15) is 5.82 Å². The van der Waals surface area contributed by atoms with Crippen LogP contribution in [0.25, 0.3) is 5.65 Å². The van der Waals surface area contributed by atoms with Crippen LogP contribution >= 0.6 is 0 Å². The molecular weight excluding hydrogens is 126 g/mol. The second-order valence-electron chi connectivity index (χ2n) is 2.10. The van der Waals surface area contributed by atoms with Crippen LogP contribution in [0, 0.1) is 13.0 Å². The van der Waals surface area contributed by atoms with Crippen LogP contribution < -0.4 is 0 Å². The summed E-state index contributed by atoms with van der Waals surface area (Å²) >= 11 is 0. The molecule has 49 valence electrons. The lowest BCUT2D eigenvalue weighted by molar-refractivity contribution is 1.01. The lowest BCUT2D eigenvalue weighted by Crippen LogP contribution is -1.84. The van der Waals surface area contributed by atoms with Gasteiger partial charge in [0.05, 0.1) is 0 Å². The summed E-state index contributed by atoms with van der Waals surface area (Å²) in [6.07, 6.45) is 1.82. The molecule has 0 bridgehead atoms. The van der Waals surface area contributed by atoms with Gasteiger partial charge in [-0.2, -0.15) is 0 Å². The number of pyridine rings is 1. The molecule has 0 aliphatic heterocycles. The average Bonchev–Trinajstić information content (AvgIpc) is 2.34. The van der Waals surface area contributed by atoms with Crippen LogP contribution in [0.2, 0.25) is 0 Å². The number of aryl methyl sites for hydroxylation is 1. The fourth-order valence-corrected chi connectivity index (χ4v) is 0.899. The molecule has 3 heteroatoms. The first kappa shape index (κ1) is 5.41. The standard InChI is InChI=1S/C7H6N3/c1-6-8-9-7-4-2-3-5-10(6)7/h2,4-5H,1H3. The Bertz CT molecular complexity index is 350. The van der Waals surface area contributed by atoms with Crippen molar-refractivity contribution in [1.82, 2.24) is 14.6 Å². The molecule has 0 fully saturated rings. The largest absolute Gasteiger partial charge is 0.286 e. The quantitative estimate of drug-likeness (QED) is 0.531. The third-order valence-electron chi connectivity index (χ3n) is 1.42. The van der Waals surface area contributed by atoms with E-state index in [4.69, 9.17) is 0 Å². The van der Waals surface area contributed by atoms with Crippen LogP contribution in [0.4, 0.5) is 0 Å². The van der Waals surface area contributed by atoms with E-state index in [1.807, 2.05) is 29.7 Å². The summed E-state index contributed by atoms with van der Waals surface area (Å²) in [6, 6.07) is 6.64. The topological polar surface area (TPSA) is 30.2 Å². The Morgan fingerprint density at radius 1 is 1.50 bits per heavy atom. The minimum atomic E-state index is 0.872. The summed E-state index contributed by atoms with van der Waals surface area (Å²) in [7, 11) is 0. The van der Waals surface area contributed by atoms with Gasteiger partial charge in [-0.15, -0.1) is 10.2 Å².